The highest BCUT2D eigenvalue weighted by Gasteiger charge is 2.31. The Hall–Kier alpha value is -3.50. The van der Waals surface area contributed by atoms with Crippen molar-refractivity contribution in [1.29, 1.82) is 0 Å². The topological polar surface area (TPSA) is 76.5 Å². The maximum absolute atomic E-state index is 13.1. The van der Waals surface area contributed by atoms with Crippen molar-refractivity contribution in [2.75, 3.05) is 26.2 Å². The Bertz CT molecular complexity index is 1240. The summed E-state index contributed by atoms with van der Waals surface area (Å²) in [6.45, 7) is 4.34. The zero-order chi connectivity index (χ0) is 25.0. The fourth-order valence-electron chi connectivity index (χ4n) is 3.96. The van der Waals surface area contributed by atoms with Gasteiger partial charge >= 0.3 is 6.18 Å². The molecule has 1 amide bonds. The fourth-order valence-corrected chi connectivity index (χ4v) is 3.96. The number of halogens is 3. The van der Waals surface area contributed by atoms with Crippen LogP contribution < -0.4 is 10.7 Å². The number of rotatable bonds is 6. The van der Waals surface area contributed by atoms with Gasteiger partial charge in [0, 0.05) is 37.9 Å². The van der Waals surface area contributed by atoms with Gasteiger partial charge in [0.2, 0.25) is 5.43 Å². The summed E-state index contributed by atoms with van der Waals surface area (Å²) < 4.78 is 46.3. The van der Waals surface area contributed by atoms with Gasteiger partial charge < -0.3 is 10.1 Å². The molecule has 1 unspecified atom stereocenters. The number of hydrogen-bond acceptors (Lipinski definition) is 5. The molecule has 1 aliphatic rings. The van der Waals surface area contributed by atoms with E-state index < -0.39 is 28.8 Å². The van der Waals surface area contributed by atoms with Gasteiger partial charge in [0.15, 0.2) is 5.69 Å². The highest BCUT2D eigenvalue weighted by Crippen LogP contribution is 2.30. The van der Waals surface area contributed by atoms with E-state index in [1.54, 1.807) is 0 Å². The Morgan fingerprint density at radius 2 is 1.91 bits per heavy atom. The average molecular weight is 486 g/mol. The smallest absolute Gasteiger partial charge is 0.374 e. The minimum Gasteiger partial charge on any atom is -0.374 e. The number of amides is 1. The zero-order valence-corrected chi connectivity index (χ0v) is 19.1. The number of aromatic nitrogens is 2. The van der Waals surface area contributed by atoms with E-state index in [-0.39, 0.29) is 18.3 Å². The van der Waals surface area contributed by atoms with E-state index in [4.69, 9.17) is 4.74 Å². The first-order valence-electron chi connectivity index (χ1n) is 11.2. The largest absolute Gasteiger partial charge is 0.416 e. The number of morpholine rings is 1. The van der Waals surface area contributed by atoms with Crippen LogP contribution in [0.2, 0.25) is 0 Å². The van der Waals surface area contributed by atoms with Crippen LogP contribution in [-0.4, -0.2) is 52.9 Å². The Labute approximate surface area is 200 Å². The third kappa shape index (κ3) is 6.14. The maximum Gasteiger partial charge on any atom is 0.416 e. The minimum absolute atomic E-state index is 0.0959. The molecule has 1 N–H and O–H groups in total. The average Bonchev–Trinajstić information content (AvgIpc) is 2.83. The molecular formula is C25H25F3N4O3. The molecule has 35 heavy (non-hydrogen) atoms. The molecule has 0 spiro atoms. The number of benzene rings is 2. The molecule has 2 heterocycles. The Morgan fingerprint density at radius 1 is 1.14 bits per heavy atom. The van der Waals surface area contributed by atoms with Gasteiger partial charge in [0.05, 0.1) is 24.0 Å². The van der Waals surface area contributed by atoms with Crippen molar-refractivity contribution in [1.82, 2.24) is 20.0 Å². The number of ether oxygens (including phenoxy) is 1. The van der Waals surface area contributed by atoms with Gasteiger partial charge in [-0.1, -0.05) is 36.4 Å². The van der Waals surface area contributed by atoms with E-state index in [0.717, 1.165) is 29.9 Å². The molecule has 0 saturated carbocycles. The molecule has 1 aliphatic heterocycles. The number of nitrogens with zero attached hydrogens (tertiary/aromatic N) is 3. The van der Waals surface area contributed by atoms with Gasteiger partial charge in [-0.05, 0) is 30.7 Å². The molecule has 3 aromatic rings. The van der Waals surface area contributed by atoms with Gasteiger partial charge in [-0.2, -0.15) is 18.3 Å². The van der Waals surface area contributed by atoms with Gasteiger partial charge in [-0.3, -0.25) is 14.5 Å². The van der Waals surface area contributed by atoms with Crippen LogP contribution in [0.3, 0.4) is 0 Å². The molecule has 10 heteroatoms. The van der Waals surface area contributed by atoms with Gasteiger partial charge in [-0.25, -0.2) is 4.68 Å². The lowest BCUT2D eigenvalue weighted by atomic mass is 10.2. The predicted molar refractivity (Wildman–Crippen MR) is 123 cm³/mol. The summed E-state index contributed by atoms with van der Waals surface area (Å²) in [7, 11) is 0. The van der Waals surface area contributed by atoms with Crippen molar-refractivity contribution in [3.63, 3.8) is 0 Å². The lowest BCUT2D eigenvalue weighted by molar-refractivity contribution is -0.137. The summed E-state index contributed by atoms with van der Waals surface area (Å²) in [5.74, 6) is -0.709. The molecule has 1 fully saturated rings. The van der Waals surface area contributed by atoms with E-state index >= 15 is 0 Å². The van der Waals surface area contributed by atoms with Gasteiger partial charge in [-0.15, -0.1) is 0 Å². The zero-order valence-electron chi connectivity index (χ0n) is 19.1. The van der Waals surface area contributed by atoms with E-state index in [2.05, 4.69) is 15.3 Å². The second-order valence-corrected chi connectivity index (χ2v) is 8.38. The quantitative estimate of drug-likeness (QED) is 0.579. The van der Waals surface area contributed by atoms with Crippen LogP contribution in [0.5, 0.6) is 0 Å². The molecule has 0 aliphatic carbocycles. The lowest BCUT2D eigenvalue weighted by Gasteiger charge is -2.33. The van der Waals surface area contributed by atoms with E-state index in [1.165, 1.54) is 30.7 Å². The van der Waals surface area contributed by atoms with Crippen LogP contribution in [0.1, 0.15) is 27.3 Å². The number of carbonyl (C=O) groups excluding carboxylic acids is 1. The van der Waals surface area contributed by atoms with Crippen molar-refractivity contribution >= 4 is 5.91 Å². The molecule has 184 valence electrons. The lowest BCUT2D eigenvalue weighted by Crippen LogP contribution is -2.47. The summed E-state index contributed by atoms with van der Waals surface area (Å²) in [6, 6.07) is 15.7. The normalized spacial score (nSPS) is 16.7. The number of carbonyl (C=O) groups is 1. The Balaban J connectivity index is 1.45. The summed E-state index contributed by atoms with van der Waals surface area (Å²) in [6.07, 6.45) is -4.80. The second-order valence-electron chi connectivity index (χ2n) is 8.38. The molecular weight excluding hydrogens is 461 g/mol. The van der Waals surface area contributed by atoms with Crippen molar-refractivity contribution in [3.8, 4) is 5.69 Å². The van der Waals surface area contributed by atoms with Gasteiger partial charge in [0.25, 0.3) is 5.91 Å². The number of hydrogen-bond donors (Lipinski definition) is 1. The van der Waals surface area contributed by atoms with Crippen LogP contribution >= 0.6 is 0 Å². The van der Waals surface area contributed by atoms with Gasteiger partial charge in [0.1, 0.15) is 0 Å². The first kappa shape index (κ1) is 24.6. The molecule has 1 saturated heterocycles. The van der Waals surface area contributed by atoms with Crippen molar-refractivity contribution in [2.45, 2.75) is 25.7 Å². The second kappa shape index (κ2) is 10.4. The van der Waals surface area contributed by atoms with Crippen LogP contribution in [0.25, 0.3) is 5.69 Å². The van der Waals surface area contributed by atoms with Crippen LogP contribution in [0.15, 0.2) is 65.5 Å². The minimum atomic E-state index is -4.53. The summed E-state index contributed by atoms with van der Waals surface area (Å²) >= 11 is 0. The monoisotopic (exact) mass is 486 g/mol. The van der Waals surface area contributed by atoms with Crippen molar-refractivity contribution < 1.29 is 22.7 Å². The molecule has 7 nitrogen and oxygen atoms in total. The van der Waals surface area contributed by atoms with Crippen LogP contribution in [0, 0.1) is 6.92 Å². The first-order chi connectivity index (χ1) is 16.7. The van der Waals surface area contributed by atoms with E-state index in [9.17, 15) is 22.8 Å². The fraction of sp³-hybridized carbons (Fsp3) is 0.320. The van der Waals surface area contributed by atoms with Crippen LogP contribution in [-0.2, 0) is 17.5 Å². The molecule has 0 radical (unpaired) electrons. The van der Waals surface area contributed by atoms with Crippen molar-refractivity contribution in [2.24, 2.45) is 0 Å². The SMILES string of the molecule is Cc1cc(=O)c(C(=O)NCC2CN(Cc3ccccc3)CCO2)nn1-c1cccc(C(F)(F)F)c1. The number of aryl methyl sites for hydroxylation is 1. The van der Waals surface area contributed by atoms with Crippen LogP contribution in [0.4, 0.5) is 13.2 Å². The summed E-state index contributed by atoms with van der Waals surface area (Å²) in [5, 5.41) is 6.75. The molecule has 4 rings (SSSR count). The third-order valence-electron chi connectivity index (χ3n) is 5.70. The Morgan fingerprint density at radius 3 is 2.66 bits per heavy atom. The van der Waals surface area contributed by atoms with Crippen molar-refractivity contribution in [3.05, 3.63) is 93.4 Å². The third-order valence-corrected chi connectivity index (χ3v) is 5.70. The summed E-state index contributed by atoms with van der Waals surface area (Å²) in [4.78, 5) is 27.4. The number of alkyl halides is 3. The molecule has 1 aromatic heterocycles. The van der Waals surface area contributed by atoms with E-state index in [1.807, 2.05) is 30.3 Å². The number of nitrogens with one attached hydrogen (secondary N) is 1. The first-order valence-corrected chi connectivity index (χ1v) is 11.2. The Kier molecular flexibility index (Phi) is 7.32. The standard InChI is InChI=1S/C25H25F3N4O3/c1-17-12-22(33)23(30-32(17)20-9-5-8-19(13-20)25(26,27)28)24(34)29-14-21-16-31(10-11-35-21)15-18-6-3-2-4-7-18/h2-9,12-13,21H,10-11,14-16H2,1H3,(H,29,34). The molecule has 1 atom stereocenters. The van der Waals surface area contributed by atoms with E-state index in [0.29, 0.717) is 18.8 Å². The molecule has 2 aromatic carbocycles. The highest BCUT2D eigenvalue weighted by molar-refractivity contribution is 5.92. The maximum atomic E-state index is 13.1. The highest BCUT2D eigenvalue weighted by atomic mass is 19.4. The summed E-state index contributed by atoms with van der Waals surface area (Å²) in [5.41, 5.74) is -0.286. The predicted octanol–water partition coefficient (Wildman–Crippen LogP) is 3.19. The molecule has 0 bridgehead atoms.